The van der Waals surface area contributed by atoms with Crippen molar-refractivity contribution in [3.8, 4) is 0 Å². The highest BCUT2D eigenvalue weighted by molar-refractivity contribution is 7.89. The summed E-state index contributed by atoms with van der Waals surface area (Å²) >= 11 is 6.03. The summed E-state index contributed by atoms with van der Waals surface area (Å²) in [6.45, 7) is 2.11. The van der Waals surface area contributed by atoms with Crippen LogP contribution in [-0.2, 0) is 14.8 Å². The lowest BCUT2D eigenvalue weighted by Crippen LogP contribution is -2.50. The Hall–Kier alpha value is -2.35. The van der Waals surface area contributed by atoms with E-state index in [0.29, 0.717) is 31.2 Å². The molecular formula is C21H24ClN3O3S. The molecule has 0 spiro atoms. The van der Waals surface area contributed by atoms with Gasteiger partial charge >= 0.3 is 0 Å². The van der Waals surface area contributed by atoms with Crippen LogP contribution in [0, 0.1) is 0 Å². The molecule has 0 bridgehead atoms. The first-order valence-electron chi connectivity index (χ1n) is 9.43. The minimum Gasteiger partial charge on any atom is -0.369 e. The van der Waals surface area contributed by atoms with E-state index in [4.69, 9.17) is 11.6 Å². The molecule has 29 heavy (non-hydrogen) atoms. The molecule has 1 N–H and O–H groups in total. The molecule has 1 fully saturated rings. The van der Waals surface area contributed by atoms with Gasteiger partial charge in [0.1, 0.15) is 0 Å². The summed E-state index contributed by atoms with van der Waals surface area (Å²) in [5.74, 6) is -0.426. The SMILES string of the molecule is O=C(/C=C/c1ccccc1)NCCS(=O)(=O)N1CCN(c2cccc(Cl)c2)CC1. The Morgan fingerprint density at radius 3 is 2.45 bits per heavy atom. The zero-order chi connectivity index (χ0) is 20.7. The lowest BCUT2D eigenvalue weighted by molar-refractivity contribution is -0.116. The average Bonchev–Trinajstić information content (AvgIpc) is 2.73. The molecule has 1 aliphatic rings. The molecule has 8 heteroatoms. The number of anilines is 1. The molecule has 0 aliphatic carbocycles. The highest BCUT2D eigenvalue weighted by Crippen LogP contribution is 2.21. The van der Waals surface area contributed by atoms with Crippen molar-refractivity contribution in [2.75, 3.05) is 43.4 Å². The minimum absolute atomic E-state index is 0.0782. The maximum absolute atomic E-state index is 12.6. The smallest absolute Gasteiger partial charge is 0.244 e. The molecule has 3 rings (SSSR count). The van der Waals surface area contributed by atoms with Gasteiger partial charge in [-0.3, -0.25) is 4.79 Å². The summed E-state index contributed by atoms with van der Waals surface area (Å²) < 4.78 is 26.6. The molecule has 6 nitrogen and oxygen atoms in total. The van der Waals surface area contributed by atoms with E-state index in [1.165, 1.54) is 10.4 Å². The van der Waals surface area contributed by atoms with Gasteiger partial charge in [-0.2, -0.15) is 4.31 Å². The van der Waals surface area contributed by atoms with Crippen molar-refractivity contribution in [1.82, 2.24) is 9.62 Å². The Labute approximate surface area is 176 Å². The highest BCUT2D eigenvalue weighted by atomic mass is 35.5. The fourth-order valence-corrected chi connectivity index (χ4v) is 4.65. The molecule has 1 saturated heterocycles. The fraction of sp³-hybridized carbons (Fsp3) is 0.286. The second-order valence-electron chi connectivity index (χ2n) is 6.72. The van der Waals surface area contributed by atoms with Gasteiger partial charge in [-0.15, -0.1) is 0 Å². The number of carbonyl (C=O) groups excluding carboxylic acids is 1. The Bertz CT molecular complexity index is 956. The van der Waals surface area contributed by atoms with Gasteiger partial charge < -0.3 is 10.2 Å². The fourth-order valence-electron chi connectivity index (χ4n) is 3.12. The molecule has 1 amide bonds. The minimum atomic E-state index is -3.42. The van der Waals surface area contributed by atoms with Crippen LogP contribution in [0.1, 0.15) is 5.56 Å². The monoisotopic (exact) mass is 433 g/mol. The summed E-state index contributed by atoms with van der Waals surface area (Å²) in [7, 11) is -3.42. The van der Waals surface area contributed by atoms with E-state index >= 15 is 0 Å². The standard InChI is InChI=1S/C21H24ClN3O3S/c22-19-7-4-8-20(17-19)24-12-14-25(15-13-24)29(27,28)16-11-23-21(26)10-9-18-5-2-1-3-6-18/h1-10,17H,11-16H2,(H,23,26)/b10-9+. The summed E-state index contributed by atoms with van der Waals surface area (Å²) in [5, 5.41) is 3.29. The lowest BCUT2D eigenvalue weighted by atomic mass is 10.2. The first kappa shape index (κ1) is 21.4. The molecule has 2 aromatic rings. The van der Waals surface area contributed by atoms with Crippen molar-refractivity contribution in [3.05, 3.63) is 71.3 Å². The van der Waals surface area contributed by atoms with Crippen LogP contribution in [-0.4, -0.2) is 57.1 Å². The number of hydrogen-bond acceptors (Lipinski definition) is 4. The first-order chi connectivity index (χ1) is 13.9. The topological polar surface area (TPSA) is 69.7 Å². The third kappa shape index (κ3) is 6.32. The molecule has 0 atom stereocenters. The number of piperazine rings is 1. The van der Waals surface area contributed by atoms with Crippen LogP contribution in [0.15, 0.2) is 60.7 Å². The number of amides is 1. The van der Waals surface area contributed by atoms with Crippen molar-refractivity contribution >= 4 is 39.3 Å². The van der Waals surface area contributed by atoms with Gasteiger partial charge in [-0.05, 0) is 29.8 Å². The predicted molar refractivity (Wildman–Crippen MR) is 118 cm³/mol. The number of rotatable bonds is 7. The third-order valence-corrected chi connectivity index (χ3v) is 6.80. The van der Waals surface area contributed by atoms with E-state index in [9.17, 15) is 13.2 Å². The van der Waals surface area contributed by atoms with Crippen LogP contribution in [0.5, 0.6) is 0 Å². The van der Waals surface area contributed by atoms with Gasteiger partial charge in [0.2, 0.25) is 15.9 Å². The zero-order valence-electron chi connectivity index (χ0n) is 16.0. The normalized spacial score (nSPS) is 15.6. The second-order valence-corrected chi connectivity index (χ2v) is 9.24. The van der Waals surface area contributed by atoms with Crippen molar-refractivity contribution in [3.63, 3.8) is 0 Å². The Balaban J connectivity index is 1.44. The van der Waals surface area contributed by atoms with Crippen molar-refractivity contribution in [2.45, 2.75) is 0 Å². The molecule has 0 radical (unpaired) electrons. The van der Waals surface area contributed by atoms with Crippen molar-refractivity contribution in [1.29, 1.82) is 0 Å². The summed E-state index contributed by atoms with van der Waals surface area (Å²) in [4.78, 5) is 14.0. The number of nitrogens with zero attached hydrogens (tertiary/aromatic N) is 2. The number of sulfonamides is 1. The van der Waals surface area contributed by atoms with E-state index in [0.717, 1.165) is 11.3 Å². The maximum atomic E-state index is 12.6. The number of nitrogens with one attached hydrogen (secondary N) is 1. The molecule has 2 aromatic carbocycles. The van der Waals surface area contributed by atoms with Gasteiger partial charge in [0.05, 0.1) is 5.75 Å². The van der Waals surface area contributed by atoms with Crippen LogP contribution in [0.25, 0.3) is 6.08 Å². The van der Waals surface area contributed by atoms with Gasteiger partial charge in [-0.25, -0.2) is 8.42 Å². The third-order valence-electron chi connectivity index (χ3n) is 4.69. The summed E-state index contributed by atoms with van der Waals surface area (Å²) in [6.07, 6.45) is 3.10. The van der Waals surface area contributed by atoms with Gasteiger partial charge in [0.15, 0.2) is 0 Å². The van der Waals surface area contributed by atoms with Crippen LogP contribution in [0.2, 0.25) is 5.02 Å². The number of halogens is 1. The van der Waals surface area contributed by atoms with Gasteiger partial charge in [-0.1, -0.05) is 48.0 Å². The van der Waals surface area contributed by atoms with Crippen LogP contribution < -0.4 is 10.2 Å². The summed E-state index contributed by atoms with van der Waals surface area (Å²) in [5.41, 5.74) is 1.90. The van der Waals surface area contributed by atoms with E-state index in [2.05, 4.69) is 10.2 Å². The molecule has 0 unspecified atom stereocenters. The largest absolute Gasteiger partial charge is 0.369 e. The second kappa shape index (κ2) is 9.91. The number of hydrogen-bond donors (Lipinski definition) is 1. The maximum Gasteiger partial charge on any atom is 0.244 e. The molecule has 0 saturated carbocycles. The quantitative estimate of drug-likeness (QED) is 0.681. The molecular weight excluding hydrogens is 410 g/mol. The first-order valence-corrected chi connectivity index (χ1v) is 11.4. The Morgan fingerprint density at radius 2 is 1.76 bits per heavy atom. The van der Waals surface area contributed by atoms with E-state index in [-0.39, 0.29) is 18.2 Å². The number of benzene rings is 2. The Morgan fingerprint density at radius 1 is 1.03 bits per heavy atom. The zero-order valence-corrected chi connectivity index (χ0v) is 17.6. The van der Waals surface area contributed by atoms with Crippen molar-refractivity contribution in [2.24, 2.45) is 0 Å². The van der Waals surface area contributed by atoms with Gasteiger partial charge in [0.25, 0.3) is 0 Å². The van der Waals surface area contributed by atoms with Crippen LogP contribution in [0.4, 0.5) is 5.69 Å². The predicted octanol–water partition coefficient (Wildman–Crippen LogP) is 2.62. The molecule has 0 aromatic heterocycles. The van der Waals surface area contributed by atoms with Crippen LogP contribution in [0.3, 0.4) is 0 Å². The number of carbonyl (C=O) groups is 1. The molecule has 1 heterocycles. The average molecular weight is 434 g/mol. The van der Waals surface area contributed by atoms with E-state index in [1.54, 1.807) is 6.08 Å². The molecule has 154 valence electrons. The molecule has 1 aliphatic heterocycles. The lowest BCUT2D eigenvalue weighted by Gasteiger charge is -2.35. The van der Waals surface area contributed by atoms with E-state index < -0.39 is 10.0 Å². The summed E-state index contributed by atoms with van der Waals surface area (Å²) in [6, 6.07) is 17.0. The van der Waals surface area contributed by atoms with Crippen LogP contribution >= 0.6 is 11.6 Å². The van der Waals surface area contributed by atoms with Gasteiger partial charge in [0, 0.05) is 49.5 Å². The van der Waals surface area contributed by atoms with Crippen molar-refractivity contribution < 1.29 is 13.2 Å². The highest BCUT2D eigenvalue weighted by Gasteiger charge is 2.26. The van der Waals surface area contributed by atoms with E-state index in [1.807, 2.05) is 54.6 Å². The Kier molecular flexibility index (Phi) is 7.30.